The van der Waals surface area contributed by atoms with E-state index in [0.29, 0.717) is 10.7 Å². The molecule has 1 saturated heterocycles. The Morgan fingerprint density at radius 3 is 2.41 bits per heavy atom. The number of ketones is 1. The van der Waals surface area contributed by atoms with Crippen LogP contribution in [0.3, 0.4) is 0 Å². The maximum atomic E-state index is 13.1. The number of amides is 1. The zero-order valence-electron chi connectivity index (χ0n) is 17.0. The normalized spacial score (nSPS) is 16.4. The first-order chi connectivity index (χ1) is 15.4. The lowest BCUT2D eigenvalue weighted by molar-refractivity contribution is 0.101. The van der Waals surface area contributed by atoms with E-state index in [-0.39, 0.29) is 32.3 Å². The van der Waals surface area contributed by atoms with E-state index in [1.807, 2.05) is 6.07 Å². The van der Waals surface area contributed by atoms with Gasteiger partial charge in [0.15, 0.2) is 5.78 Å². The van der Waals surface area contributed by atoms with Crippen molar-refractivity contribution in [2.24, 2.45) is 0 Å². The van der Waals surface area contributed by atoms with Crippen molar-refractivity contribution in [2.45, 2.75) is 22.6 Å². The van der Waals surface area contributed by atoms with E-state index in [2.05, 4.69) is 10.2 Å². The van der Waals surface area contributed by atoms with Crippen molar-refractivity contribution in [3.63, 3.8) is 0 Å². The summed E-state index contributed by atoms with van der Waals surface area (Å²) in [6.07, 6.45) is 2.16. The van der Waals surface area contributed by atoms with Gasteiger partial charge in [-0.15, -0.1) is 0 Å². The zero-order valence-corrected chi connectivity index (χ0v) is 18.5. The molecule has 0 spiro atoms. The highest BCUT2D eigenvalue weighted by Gasteiger charge is 2.35. The molecule has 1 N–H and O–H groups in total. The van der Waals surface area contributed by atoms with Crippen LogP contribution < -0.4 is 10.2 Å². The van der Waals surface area contributed by atoms with Crippen LogP contribution in [0.25, 0.3) is 0 Å². The number of nitrogens with one attached hydrogen (secondary N) is 1. The summed E-state index contributed by atoms with van der Waals surface area (Å²) in [5, 5.41) is 3.35. The lowest BCUT2D eigenvalue weighted by Gasteiger charge is -2.22. The minimum atomic E-state index is -3.92. The quantitative estimate of drug-likeness (QED) is 0.478. The number of benzene rings is 3. The lowest BCUT2D eigenvalue weighted by atomic mass is 10.0. The third-order valence-electron chi connectivity index (χ3n) is 5.85. The number of carbonyl (C=O) groups is 2. The number of sulfone groups is 1. The van der Waals surface area contributed by atoms with Gasteiger partial charge >= 0.3 is 0 Å². The predicted octanol–water partition coefficient (Wildman–Crippen LogP) is 4.57. The van der Waals surface area contributed by atoms with Gasteiger partial charge in [-0.1, -0.05) is 23.7 Å². The summed E-state index contributed by atoms with van der Waals surface area (Å²) in [5.74, 6) is -0.847. The number of anilines is 2. The Hall–Kier alpha value is -3.16. The summed E-state index contributed by atoms with van der Waals surface area (Å²) in [6, 6.07) is 15.6. The molecule has 1 amide bonds. The second-order valence-corrected chi connectivity index (χ2v) is 10.2. The minimum Gasteiger partial charge on any atom is -0.370 e. The number of halogens is 1. The van der Waals surface area contributed by atoms with Gasteiger partial charge in [0, 0.05) is 34.8 Å². The van der Waals surface area contributed by atoms with Gasteiger partial charge in [-0.3, -0.25) is 9.59 Å². The van der Waals surface area contributed by atoms with E-state index >= 15 is 0 Å². The highest BCUT2D eigenvalue weighted by atomic mass is 35.5. The molecular formula is C24H19ClN2O4S. The number of hydrogen-bond donors (Lipinski definition) is 1. The van der Waals surface area contributed by atoms with Gasteiger partial charge in [-0.05, 0) is 61.4 Å². The summed E-state index contributed by atoms with van der Waals surface area (Å²) >= 11 is 6.16. The Kier molecular flexibility index (Phi) is 5.03. The van der Waals surface area contributed by atoms with E-state index in [0.717, 1.165) is 31.6 Å². The molecule has 0 saturated carbocycles. The average Bonchev–Trinajstić information content (AvgIpc) is 3.32. The standard InChI is InChI=1S/C24H19ClN2O4S/c25-16-8-10-20(27-11-3-4-12-27)19(14-16)26-24(29)15-7-9-18-22(13-15)32(30,31)21-6-2-1-5-17(21)23(18)28/h1-2,5-10,13-14H,3-4,11-12H2,(H,26,29). The molecular weight excluding hydrogens is 448 g/mol. The highest BCUT2D eigenvalue weighted by Crippen LogP contribution is 2.36. The van der Waals surface area contributed by atoms with Gasteiger partial charge in [0.2, 0.25) is 9.84 Å². The third-order valence-corrected chi connectivity index (χ3v) is 7.94. The number of rotatable bonds is 3. The molecule has 2 aliphatic heterocycles. The van der Waals surface area contributed by atoms with Gasteiger partial charge in [0.1, 0.15) is 0 Å². The molecule has 0 radical (unpaired) electrons. The highest BCUT2D eigenvalue weighted by molar-refractivity contribution is 7.91. The molecule has 2 aliphatic rings. The number of hydrogen-bond acceptors (Lipinski definition) is 5. The Bertz CT molecular complexity index is 1380. The molecule has 0 unspecified atom stereocenters. The smallest absolute Gasteiger partial charge is 0.255 e. The molecule has 2 heterocycles. The summed E-state index contributed by atoms with van der Waals surface area (Å²) in [5.41, 5.74) is 1.79. The van der Waals surface area contributed by atoms with Crippen molar-refractivity contribution in [3.05, 3.63) is 82.4 Å². The maximum Gasteiger partial charge on any atom is 0.255 e. The minimum absolute atomic E-state index is 0.0405. The van der Waals surface area contributed by atoms with Crippen molar-refractivity contribution in [1.29, 1.82) is 0 Å². The van der Waals surface area contributed by atoms with Crippen LogP contribution in [0.4, 0.5) is 11.4 Å². The van der Waals surface area contributed by atoms with Crippen LogP contribution in [0.15, 0.2) is 70.5 Å². The van der Waals surface area contributed by atoms with E-state index < -0.39 is 15.7 Å². The number of fused-ring (bicyclic) bond motifs is 2. The predicted molar refractivity (Wildman–Crippen MR) is 123 cm³/mol. The first-order valence-electron chi connectivity index (χ1n) is 10.2. The Labute approximate surface area is 190 Å². The van der Waals surface area contributed by atoms with Crippen molar-refractivity contribution in [3.8, 4) is 0 Å². The van der Waals surface area contributed by atoms with E-state index in [9.17, 15) is 18.0 Å². The molecule has 3 aromatic carbocycles. The lowest BCUT2D eigenvalue weighted by Crippen LogP contribution is -2.23. The van der Waals surface area contributed by atoms with Crippen molar-refractivity contribution in [2.75, 3.05) is 23.3 Å². The first kappa shape index (κ1) is 20.7. The molecule has 5 rings (SSSR count). The average molecular weight is 467 g/mol. The number of nitrogens with zero attached hydrogens (tertiary/aromatic N) is 1. The molecule has 0 atom stereocenters. The van der Waals surface area contributed by atoms with Crippen LogP contribution in [0.1, 0.15) is 39.1 Å². The van der Waals surface area contributed by atoms with Crippen LogP contribution in [-0.2, 0) is 9.84 Å². The fraction of sp³-hybridized carbons (Fsp3) is 0.167. The van der Waals surface area contributed by atoms with Gasteiger partial charge < -0.3 is 10.2 Å². The molecule has 8 heteroatoms. The summed E-state index contributed by atoms with van der Waals surface area (Å²) < 4.78 is 26.3. The second kappa shape index (κ2) is 7.76. The molecule has 162 valence electrons. The van der Waals surface area contributed by atoms with Gasteiger partial charge in [0.05, 0.1) is 21.2 Å². The van der Waals surface area contributed by atoms with E-state index in [1.165, 1.54) is 30.3 Å². The number of carbonyl (C=O) groups excluding carboxylic acids is 2. The fourth-order valence-electron chi connectivity index (χ4n) is 4.26. The Morgan fingerprint density at radius 1 is 0.906 bits per heavy atom. The molecule has 0 bridgehead atoms. The summed E-state index contributed by atoms with van der Waals surface area (Å²) in [4.78, 5) is 27.9. The molecule has 32 heavy (non-hydrogen) atoms. The largest absolute Gasteiger partial charge is 0.370 e. The zero-order chi connectivity index (χ0) is 22.5. The van der Waals surface area contributed by atoms with Crippen molar-refractivity contribution >= 4 is 44.5 Å². The topological polar surface area (TPSA) is 83.6 Å². The van der Waals surface area contributed by atoms with Gasteiger partial charge in [0.25, 0.3) is 5.91 Å². The van der Waals surface area contributed by atoms with E-state index in [4.69, 9.17) is 11.6 Å². The monoisotopic (exact) mass is 466 g/mol. The van der Waals surface area contributed by atoms with Gasteiger partial charge in [-0.2, -0.15) is 0 Å². The molecule has 1 fully saturated rings. The van der Waals surface area contributed by atoms with Crippen LogP contribution >= 0.6 is 11.6 Å². The maximum absolute atomic E-state index is 13.1. The fourth-order valence-corrected chi connectivity index (χ4v) is 6.11. The molecule has 6 nitrogen and oxygen atoms in total. The molecule has 0 aromatic heterocycles. The van der Waals surface area contributed by atoms with Gasteiger partial charge in [-0.25, -0.2) is 8.42 Å². The second-order valence-electron chi connectivity index (χ2n) is 7.85. The SMILES string of the molecule is O=C(Nc1cc(Cl)ccc1N1CCCC1)c1ccc2c(c1)S(=O)(=O)c1ccccc1C2=O. The first-order valence-corrected chi connectivity index (χ1v) is 12.1. The van der Waals surface area contributed by atoms with Crippen molar-refractivity contribution < 1.29 is 18.0 Å². The van der Waals surface area contributed by atoms with E-state index in [1.54, 1.807) is 24.3 Å². The van der Waals surface area contributed by atoms with Crippen LogP contribution in [0, 0.1) is 0 Å². The van der Waals surface area contributed by atoms with Crippen LogP contribution in [0.2, 0.25) is 5.02 Å². The third kappa shape index (κ3) is 3.38. The summed E-state index contributed by atoms with van der Waals surface area (Å²) in [6.45, 7) is 1.78. The Balaban J connectivity index is 1.52. The van der Waals surface area contributed by atoms with Crippen LogP contribution in [-0.4, -0.2) is 33.2 Å². The van der Waals surface area contributed by atoms with Crippen LogP contribution in [0.5, 0.6) is 0 Å². The molecule has 3 aromatic rings. The van der Waals surface area contributed by atoms with Crippen molar-refractivity contribution in [1.82, 2.24) is 0 Å². The Morgan fingerprint density at radius 2 is 1.62 bits per heavy atom. The molecule has 0 aliphatic carbocycles. The summed E-state index contributed by atoms with van der Waals surface area (Å²) in [7, 11) is -3.92.